The predicted molar refractivity (Wildman–Crippen MR) is 127 cm³/mol. The number of imide groups is 1. The second kappa shape index (κ2) is 9.65. The number of ether oxygens (including phenoxy) is 1. The molecular weight excluding hydrogens is 512 g/mol. The van der Waals surface area contributed by atoms with Crippen LogP contribution in [0.15, 0.2) is 46.9 Å². The Labute approximate surface area is 204 Å². The van der Waals surface area contributed by atoms with Crippen LogP contribution in [0.25, 0.3) is 0 Å². The number of nitrogens with one attached hydrogen (secondary N) is 1. The van der Waals surface area contributed by atoms with E-state index in [1.165, 1.54) is 17.0 Å². The first kappa shape index (κ1) is 23.4. The fourth-order valence-electron chi connectivity index (χ4n) is 4.38. The van der Waals surface area contributed by atoms with Crippen molar-refractivity contribution >= 4 is 62.6 Å². The van der Waals surface area contributed by atoms with Gasteiger partial charge in [0.1, 0.15) is 0 Å². The van der Waals surface area contributed by atoms with Gasteiger partial charge in [0, 0.05) is 10.2 Å². The number of carbonyl (C=O) groups is 4. The summed E-state index contributed by atoms with van der Waals surface area (Å²) in [6, 6.07) is 11.0. The summed E-state index contributed by atoms with van der Waals surface area (Å²) in [5, 5.41) is 3.04. The Morgan fingerprint density at radius 3 is 2.48 bits per heavy atom. The Morgan fingerprint density at radius 1 is 1.09 bits per heavy atom. The lowest BCUT2D eigenvalue weighted by molar-refractivity contribution is -0.122. The zero-order valence-corrected chi connectivity index (χ0v) is 20.2. The third-order valence-corrected chi connectivity index (χ3v) is 7.32. The minimum atomic E-state index is -0.688. The Morgan fingerprint density at radius 2 is 1.79 bits per heavy atom. The second-order valence-corrected chi connectivity index (χ2v) is 9.70. The number of anilines is 2. The summed E-state index contributed by atoms with van der Waals surface area (Å²) in [7, 11) is 0. The molecule has 3 amide bonds. The smallest absolute Gasteiger partial charge is 0.338 e. The number of hydrogen-bond donors (Lipinski definition) is 1. The molecule has 0 aromatic heterocycles. The van der Waals surface area contributed by atoms with Gasteiger partial charge in [-0.15, -0.1) is 0 Å². The van der Waals surface area contributed by atoms with Crippen molar-refractivity contribution in [3.63, 3.8) is 0 Å². The van der Waals surface area contributed by atoms with Crippen LogP contribution in [0.3, 0.4) is 0 Å². The van der Waals surface area contributed by atoms with Crippen molar-refractivity contribution in [1.29, 1.82) is 0 Å². The van der Waals surface area contributed by atoms with Gasteiger partial charge >= 0.3 is 5.97 Å². The SMILES string of the molecule is C[C@@H]1CC[C@@H]2C(=O)N(c3ccc(C(=O)OCC(=O)Nc4ccc(Br)c(Cl)c4)cc3)C(=O)[C@@H]2C1. The molecule has 9 heteroatoms. The molecule has 172 valence electrons. The summed E-state index contributed by atoms with van der Waals surface area (Å²) < 4.78 is 5.77. The minimum absolute atomic E-state index is 0.169. The highest BCUT2D eigenvalue weighted by atomic mass is 79.9. The number of esters is 1. The average molecular weight is 534 g/mol. The van der Waals surface area contributed by atoms with Gasteiger partial charge in [0.05, 0.1) is 28.1 Å². The van der Waals surface area contributed by atoms with E-state index in [1.54, 1.807) is 30.3 Å². The highest BCUT2D eigenvalue weighted by Gasteiger charge is 2.49. The van der Waals surface area contributed by atoms with Gasteiger partial charge in [-0.1, -0.05) is 18.5 Å². The molecule has 1 saturated carbocycles. The molecule has 0 spiro atoms. The normalized spacial score (nSPS) is 22.2. The maximum atomic E-state index is 12.8. The van der Waals surface area contributed by atoms with Crippen molar-refractivity contribution in [2.24, 2.45) is 17.8 Å². The fourth-order valence-corrected chi connectivity index (χ4v) is 4.80. The van der Waals surface area contributed by atoms with E-state index < -0.39 is 18.5 Å². The topological polar surface area (TPSA) is 92.8 Å². The molecule has 1 aliphatic carbocycles. The monoisotopic (exact) mass is 532 g/mol. The lowest BCUT2D eigenvalue weighted by atomic mass is 9.76. The van der Waals surface area contributed by atoms with E-state index in [9.17, 15) is 19.2 Å². The minimum Gasteiger partial charge on any atom is -0.452 e. The number of halogens is 2. The molecule has 0 radical (unpaired) electrons. The number of benzene rings is 2. The predicted octanol–water partition coefficient (Wildman–Crippen LogP) is 4.82. The van der Waals surface area contributed by atoms with Gasteiger partial charge < -0.3 is 10.1 Å². The quantitative estimate of drug-likeness (QED) is 0.439. The molecule has 1 aliphatic heterocycles. The number of rotatable bonds is 5. The molecule has 2 aliphatic rings. The van der Waals surface area contributed by atoms with Crippen LogP contribution in [0.1, 0.15) is 36.5 Å². The molecule has 1 saturated heterocycles. The zero-order valence-electron chi connectivity index (χ0n) is 17.8. The van der Waals surface area contributed by atoms with E-state index in [2.05, 4.69) is 28.2 Å². The summed E-state index contributed by atoms with van der Waals surface area (Å²) in [4.78, 5) is 51.3. The standard InChI is InChI=1S/C24H22BrClN2O5/c1-13-2-8-17-18(10-13)23(31)28(22(17)30)16-6-3-14(4-7-16)24(32)33-12-21(29)27-15-5-9-19(25)20(26)11-15/h3-7,9,11,13,17-18H,2,8,10,12H2,1H3,(H,27,29)/t13-,17+,18-/m1/s1. The molecule has 1 heterocycles. The van der Waals surface area contributed by atoms with Crippen molar-refractivity contribution < 1.29 is 23.9 Å². The number of nitrogens with zero attached hydrogens (tertiary/aromatic N) is 1. The van der Waals surface area contributed by atoms with Crippen molar-refractivity contribution in [2.45, 2.75) is 26.2 Å². The van der Waals surface area contributed by atoms with Crippen molar-refractivity contribution in [3.05, 3.63) is 57.5 Å². The number of carbonyl (C=O) groups excluding carboxylic acids is 4. The van der Waals surface area contributed by atoms with Gasteiger partial charge in [-0.3, -0.25) is 19.3 Å². The molecule has 2 fully saturated rings. The Bertz CT molecular complexity index is 1120. The van der Waals surface area contributed by atoms with Gasteiger partial charge in [0.2, 0.25) is 11.8 Å². The molecule has 7 nitrogen and oxygen atoms in total. The Hall–Kier alpha value is -2.71. The first-order valence-electron chi connectivity index (χ1n) is 10.6. The molecule has 4 rings (SSSR count). The molecular formula is C24H22BrClN2O5. The molecule has 0 bridgehead atoms. The fraction of sp³-hybridized carbons (Fsp3) is 0.333. The highest BCUT2D eigenvalue weighted by Crippen LogP contribution is 2.42. The van der Waals surface area contributed by atoms with E-state index in [0.29, 0.717) is 26.8 Å². The van der Waals surface area contributed by atoms with Crippen LogP contribution in [-0.4, -0.2) is 30.3 Å². The molecule has 2 aromatic rings. The van der Waals surface area contributed by atoms with Crippen molar-refractivity contribution in [2.75, 3.05) is 16.8 Å². The molecule has 2 aromatic carbocycles. The number of hydrogen-bond acceptors (Lipinski definition) is 5. The first-order chi connectivity index (χ1) is 15.7. The van der Waals surface area contributed by atoms with E-state index >= 15 is 0 Å². The molecule has 1 N–H and O–H groups in total. The summed E-state index contributed by atoms with van der Waals surface area (Å²) in [5.41, 5.74) is 1.13. The highest BCUT2D eigenvalue weighted by molar-refractivity contribution is 9.10. The lowest BCUT2D eigenvalue weighted by Gasteiger charge is -2.25. The van der Waals surface area contributed by atoms with Gasteiger partial charge in [-0.05, 0) is 83.6 Å². The van der Waals surface area contributed by atoms with E-state index in [1.807, 2.05) is 0 Å². The van der Waals surface area contributed by atoms with Gasteiger partial charge in [0.25, 0.3) is 5.91 Å². The van der Waals surface area contributed by atoms with Crippen molar-refractivity contribution in [3.8, 4) is 0 Å². The Kier molecular flexibility index (Phi) is 6.86. The summed E-state index contributed by atoms with van der Waals surface area (Å²) in [6.07, 6.45) is 2.40. The zero-order chi connectivity index (χ0) is 23.7. The number of amides is 3. The lowest BCUT2D eigenvalue weighted by Crippen LogP contribution is -2.30. The maximum absolute atomic E-state index is 12.8. The van der Waals surface area contributed by atoms with Crippen LogP contribution in [0.2, 0.25) is 5.02 Å². The van der Waals surface area contributed by atoms with Crippen LogP contribution in [0, 0.1) is 17.8 Å². The largest absolute Gasteiger partial charge is 0.452 e. The van der Waals surface area contributed by atoms with E-state index in [0.717, 1.165) is 19.3 Å². The summed E-state index contributed by atoms with van der Waals surface area (Å²) in [6.45, 7) is 1.63. The van der Waals surface area contributed by atoms with Crippen LogP contribution in [-0.2, 0) is 19.1 Å². The molecule has 0 unspecified atom stereocenters. The van der Waals surface area contributed by atoms with Gasteiger partial charge in [-0.25, -0.2) is 4.79 Å². The summed E-state index contributed by atoms with van der Waals surface area (Å²) in [5.74, 6) is -1.62. The first-order valence-corrected chi connectivity index (χ1v) is 11.8. The second-order valence-electron chi connectivity index (χ2n) is 8.44. The van der Waals surface area contributed by atoms with Gasteiger partial charge in [-0.2, -0.15) is 0 Å². The Balaban J connectivity index is 1.35. The molecule has 3 atom stereocenters. The molecule has 33 heavy (non-hydrogen) atoms. The number of fused-ring (bicyclic) bond motifs is 1. The van der Waals surface area contributed by atoms with Crippen LogP contribution in [0.5, 0.6) is 0 Å². The van der Waals surface area contributed by atoms with Crippen LogP contribution < -0.4 is 10.2 Å². The average Bonchev–Trinajstić information content (AvgIpc) is 3.04. The summed E-state index contributed by atoms with van der Waals surface area (Å²) >= 11 is 9.26. The third-order valence-electron chi connectivity index (χ3n) is 6.09. The van der Waals surface area contributed by atoms with E-state index in [-0.39, 0.29) is 29.2 Å². The van der Waals surface area contributed by atoms with Crippen LogP contribution >= 0.6 is 27.5 Å². The van der Waals surface area contributed by atoms with Crippen LogP contribution in [0.4, 0.5) is 11.4 Å². The van der Waals surface area contributed by atoms with Crippen molar-refractivity contribution in [1.82, 2.24) is 0 Å². The van der Waals surface area contributed by atoms with E-state index in [4.69, 9.17) is 16.3 Å². The third kappa shape index (κ3) is 4.96. The maximum Gasteiger partial charge on any atom is 0.338 e. The van der Waals surface area contributed by atoms with Gasteiger partial charge in [0.15, 0.2) is 6.61 Å².